The van der Waals surface area contributed by atoms with Gasteiger partial charge in [0.05, 0.1) is 5.04 Å². The predicted molar refractivity (Wildman–Crippen MR) is 58.5 cm³/mol. The molecule has 1 aliphatic heterocycles. The van der Waals surface area contributed by atoms with Crippen LogP contribution in [0.4, 0.5) is 4.39 Å². The molecule has 1 aromatic carbocycles. The molecule has 1 atom stereocenters. The number of hydrogen-bond acceptors (Lipinski definition) is 4. The summed E-state index contributed by atoms with van der Waals surface area (Å²) in [7, 11) is 0. The van der Waals surface area contributed by atoms with Gasteiger partial charge in [-0.25, -0.2) is 9.18 Å². The van der Waals surface area contributed by atoms with E-state index in [1.807, 2.05) is 0 Å². The number of thioether (sulfide) groups is 1. The molecule has 1 aromatic rings. The first kappa shape index (κ1) is 10.9. The fourth-order valence-corrected chi connectivity index (χ4v) is 2.33. The Labute approximate surface area is 94.8 Å². The van der Waals surface area contributed by atoms with Crippen molar-refractivity contribution in [2.24, 2.45) is 4.99 Å². The Hall–Kier alpha value is -1.56. The second-order valence-electron chi connectivity index (χ2n) is 3.27. The lowest BCUT2D eigenvalue weighted by Crippen LogP contribution is -2.17. The number of aliphatic carboxylic acids is 1. The molecule has 0 bridgehead atoms. The van der Waals surface area contributed by atoms with E-state index in [9.17, 15) is 14.3 Å². The molecule has 1 unspecified atom stereocenters. The number of aliphatic imine (C=N–C) groups is 1. The van der Waals surface area contributed by atoms with Gasteiger partial charge in [-0.3, -0.25) is 4.99 Å². The number of benzene rings is 1. The lowest BCUT2D eigenvalue weighted by Gasteiger charge is -2.00. The summed E-state index contributed by atoms with van der Waals surface area (Å²) >= 11 is 1.28. The SMILES string of the molecule is O=C(O)C1CSC(c2ccc(F)c(O)c2)=N1. The van der Waals surface area contributed by atoms with Crippen LogP contribution in [-0.4, -0.2) is 33.0 Å². The molecule has 1 aliphatic rings. The largest absolute Gasteiger partial charge is 0.505 e. The van der Waals surface area contributed by atoms with Crippen LogP contribution < -0.4 is 0 Å². The Kier molecular flexibility index (Phi) is 2.82. The molecular formula is C10H8FNO3S. The van der Waals surface area contributed by atoms with Gasteiger partial charge in [-0.1, -0.05) is 0 Å². The number of carboxylic acids is 1. The summed E-state index contributed by atoms with van der Waals surface area (Å²) in [6.45, 7) is 0. The lowest BCUT2D eigenvalue weighted by molar-refractivity contribution is -0.137. The summed E-state index contributed by atoms with van der Waals surface area (Å²) in [4.78, 5) is 14.6. The van der Waals surface area contributed by atoms with Crippen molar-refractivity contribution in [2.75, 3.05) is 5.75 Å². The first-order valence-electron chi connectivity index (χ1n) is 4.50. The third-order valence-corrected chi connectivity index (χ3v) is 3.23. The topological polar surface area (TPSA) is 69.9 Å². The number of rotatable bonds is 2. The van der Waals surface area contributed by atoms with E-state index in [0.717, 1.165) is 6.07 Å². The van der Waals surface area contributed by atoms with Crippen LogP contribution in [0.3, 0.4) is 0 Å². The fourth-order valence-electron chi connectivity index (χ4n) is 1.30. The number of aromatic hydroxyl groups is 1. The third-order valence-electron chi connectivity index (χ3n) is 2.13. The first-order chi connectivity index (χ1) is 7.58. The normalized spacial score (nSPS) is 19.6. The van der Waals surface area contributed by atoms with E-state index in [4.69, 9.17) is 5.11 Å². The molecule has 6 heteroatoms. The van der Waals surface area contributed by atoms with Crippen LogP contribution in [0.1, 0.15) is 5.56 Å². The minimum absolute atomic E-state index is 0.364. The molecule has 0 spiro atoms. The number of carbonyl (C=O) groups is 1. The van der Waals surface area contributed by atoms with Crippen LogP contribution in [0.5, 0.6) is 5.75 Å². The van der Waals surface area contributed by atoms with E-state index in [1.54, 1.807) is 0 Å². The zero-order valence-corrected chi connectivity index (χ0v) is 8.87. The standard InChI is InChI=1S/C10H8FNO3S/c11-6-2-1-5(3-8(6)13)9-12-7(4-16-9)10(14)15/h1-3,7,13H,4H2,(H,14,15). The summed E-state index contributed by atoms with van der Waals surface area (Å²) in [5.41, 5.74) is 0.535. The highest BCUT2D eigenvalue weighted by Crippen LogP contribution is 2.26. The van der Waals surface area contributed by atoms with E-state index < -0.39 is 23.6 Å². The Balaban J connectivity index is 2.29. The highest BCUT2D eigenvalue weighted by Gasteiger charge is 2.25. The van der Waals surface area contributed by atoms with Crippen molar-refractivity contribution in [3.8, 4) is 5.75 Å². The van der Waals surface area contributed by atoms with Crippen LogP contribution in [0, 0.1) is 5.82 Å². The number of nitrogens with zero attached hydrogens (tertiary/aromatic N) is 1. The summed E-state index contributed by atoms with van der Waals surface area (Å²) < 4.78 is 12.8. The molecule has 0 aliphatic carbocycles. The highest BCUT2D eigenvalue weighted by atomic mass is 32.2. The van der Waals surface area contributed by atoms with Gasteiger partial charge >= 0.3 is 5.97 Å². The van der Waals surface area contributed by atoms with Crippen LogP contribution in [0.15, 0.2) is 23.2 Å². The van der Waals surface area contributed by atoms with Crippen LogP contribution in [0.25, 0.3) is 0 Å². The fraction of sp³-hybridized carbons (Fsp3) is 0.200. The zero-order valence-electron chi connectivity index (χ0n) is 8.05. The molecule has 4 nitrogen and oxygen atoms in total. The summed E-state index contributed by atoms with van der Waals surface area (Å²) in [5.74, 6) is -1.78. The van der Waals surface area contributed by atoms with Crippen molar-refractivity contribution in [2.45, 2.75) is 6.04 Å². The van der Waals surface area contributed by atoms with Crippen molar-refractivity contribution in [3.63, 3.8) is 0 Å². The Morgan fingerprint density at radius 2 is 2.31 bits per heavy atom. The van der Waals surface area contributed by atoms with Gasteiger partial charge in [-0.05, 0) is 18.2 Å². The van der Waals surface area contributed by atoms with E-state index in [1.165, 1.54) is 23.9 Å². The number of phenols is 1. The molecular weight excluding hydrogens is 233 g/mol. The van der Waals surface area contributed by atoms with Gasteiger partial charge in [-0.15, -0.1) is 11.8 Å². The maximum absolute atomic E-state index is 12.8. The average molecular weight is 241 g/mol. The van der Waals surface area contributed by atoms with E-state index in [0.29, 0.717) is 16.4 Å². The summed E-state index contributed by atoms with van der Waals surface area (Å²) in [6.07, 6.45) is 0. The molecule has 0 aromatic heterocycles. The van der Waals surface area contributed by atoms with Gasteiger partial charge in [-0.2, -0.15) is 0 Å². The lowest BCUT2D eigenvalue weighted by atomic mass is 10.2. The molecule has 0 saturated heterocycles. The second kappa shape index (κ2) is 4.13. The van der Waals surface area contributed by atoms with Crippen molar-refractivity contribution in [1.29, 1.82) is 0 Å². The van der Waals surface area contributed by atoms with Crippen LogP contribution in [0.2, 0.25) is 0 Å². The number of hydrogen-bond donors (Lipinski definition) is 2. The zero-order chi connectivity index (χ0) is 11.7. The molecule has 0 saturated carbocycles. The molecule has 0 fully saturated rings. The summed E-state index contributed by atoms with van der Waals surface area (Å²) in [6, 6.07) is 3.07. The van der Waals surface area contributed by atoms with E-state index in [2.05, 4.69) is 4.99 Å². The number of phenolic OH excluding ortho intramolecular Hbond substituents is 1. The van der Waals surface area contributed by atoms with Crippen molar-refractivity contribution in [3.05, 3.63) is 29.6 Å². The third kappa shape index (κ3) is 2.01. The Morgan fingerprint density at radius 1 is 1.56 bits per heavy atom. The predicted octanol–water partition coefficient (Wildman–Crippen LogP) is 1.48. The van der Waals surface area contributed by atoms with E-state index in [-0.39, 0.29) is 0 Å². The van der Waals surface area contributed by atoms with Gasteiger partial charge in [0.15, 0.2) is 17.6 Å². The maximum atomic E-state index is 12.8. The molecule has 2 rings (SSSR count). The van der Waals surface area contributed by atoms with Crippen molar-refractivity contribution < 1.29 is 19.4 Å². The number of halogens is 1. The molecule has 0 radical (unpaired) electrons. The van der Waals surface area contributed by atoms with Crippen LogP contribution in [-0.2, 0) is 4.79 Å². The monoisotopic (exact) mass is 241 g/mol. The molecule has 1 heterocycles. The minimum Gasteiger partial charge on any atom is -0.505 e. The molecule has 16 heavy (non-hydrogen) atoms. The smallest absolute Gasteiger partial charge is 0.329 e. The van der Waals surface area contributed by atoms with Gasteiger partial charge in [0.2, 0.25) is 0 Å². The highest BCUT2D eigenvalue weighted by molar-refractivity contribution is 8.14. The molecule has 2 N–H and O–H groups in total. The van der Waals surface area contributed by atoms with Gasteiger partial charge in [0.1, 0.15) is 0 Å². The van der Waals surface area contributed by atoms with Crippen molar-refractivity contribution >= 4 is 22.8 Å². The van der Waals surface area contributed by atoms with Gasteiger partial charge in [0, 0.05) is 11.3 Å². The quantitative estimate of drug-likeness (QED) is 0.822. The Bertz CT molecular complexity index is 475. The van der Waals surface area contributed by atoms with Crippen molar-refractivity contribution in [1.82, 2.24) is 0 Å². The van der Waals surface area contributed by atoms with E-state index >= 15 is 0 Å². The second-order valence-corrected chi connectivity index (χ2v) is 4.27. The molecule has 84 valence electrons. The minimum atomic E-state index is -0.978. The average Bonchev–Trinajstić information content (AvgIpc) is 2.71. The van der Waals surface area contributed by atoms with Gasteiger partial charge in [0.25, 0.3) is 0 Å². The molecule has 0 amide bonds. The Morgan fingerprint density at radius 3 is 2.88 bits per heavy atom. The van der Waals surface area contributed by atoms with Gasteiger partial charge < -0.3 is 10.2 Å². The summed E-state index contributed by atoms with van der Waals surface area (Å²) in [5, 5.41) is 18.4. The maximum Gasteiger partial charge on any atom is 0.329 e. The first-order valence-corrected chi connectivity index (χ1v) is 5.49. The number of carboxylic acid groups (broad SMARTS) is 1. The van der Waals surface area contributed by atoms with Crippen LogP contribution >= 0.6 is 11.8 Å².